The summed E-state index contributed by atoms with van der Waals surface area (Å²) in [5, 5.41) is 4.49. The number of hydrogen-bond donors (Lipinski definition) is 1. The number of carbonyl (C=O) groups is 1. The molecule has 1 N–H and O–H groups in total. The molecular weight excluding hydrogens is 280 g/mol. The summed E-state index contributed by atoms with van der Waals surface area (Å²) in [7, 11) is 0. The van der Waals surface area contributed by atoms with Crippen molar-refractivity contribution in [1.29, 1.82) is 0 Å². The minimum absolute atomic E-state index is 0.154. The Morgan fingerprint density at radius 3 is 2.74 bits per heavy atom. The highest BCUT2D eigenvalue weighted by atomic mass is 35.5. The molecular formula is C14H9ClN2OS. The Kier molecular flexibility index (Phi) is 3.19. The van der Waals surface area contributed by atoms with Gasteiger partial charge in [-0.3, -0.25) is 4.79 Å². The van der Waals surface area contributed by atoms with Crippen molar-refractivity contribution in [1.82, 2.24) is 4.37 Å². The number of hydrogen-bond acceptors (Lipinski definition) is 3. The second-order valence-corrected chi connectivity index (χ2v) is 5.31. The lowest BCUT2D eigenvalue weighted by molar-refractivity contribution is 0.102. The SMILES string of the molecule is O=C(Nc1ccc2sncc2c1)c1ccc(Cl)cc1. The number of anilines is 1. The normalized spacial score (nSPS) is 10.6. The number of amides is 1. The predicted octanol–water partition coefficient (Wildman–Crippen LogP) is 4.20. The Bertz CT molecular complexity index is 737. The van der Waals surface area contributed by atoms with Gasteiger partial charge in [-0.25, -0.2) is 0 Å². The summed E-state index contributed by atoms with van der Waals surface area (Å²) in [6.45, 7) is 0. The van der Waals surface area contributed by atoms with Gasteiger partial charge in [-0.05, 0) is 54.0 Å². The molecule has 0 atom stereocenters. The maximum absolute atomic E-state index is 12.0. The fourth-order valence-corrected chi connectivity index (χ4v) is 2.51. The summed E-state index contributed by atoms with van der Waals surface area (Å²) >= 11 is 7.23. The second kappa shape index (κ2) is 4.99. The van der Waals surface area contributed by atoms with Gasteiger partial charge in [0.05, 0.1) is 4.70 Å². The van der Waals surface area contributed by atoms with Gasteiger partial charge in [0, 0.05) is 27.9 Å². The Morgan fingerprint density at radius 2 is 1.95 bits per heavy atom. The predicted molar refractivity (Wildman–Crippen MR) is 79.0 cm³/mol. The van der Waals surface area contributed by atoms with Crippen molar-refractivity contribution in [2.24, 2.45) is 0 Å². The van der Waals surface area contributed by atoms with Crippen LogP contribution in [-0.2, 0) is 0 Å². The maximum atomic E-state index is 12.0. The number of nitrogens with zero attached hydrogens (tertiary/aromatic N) is 1. The van der Waals surface area contributed by atoms with Gasteiger partial charge in [0.15, 0.2) is 0 Å². The molecule has 2 aromatic carbocycles. The first-order chi connectivity index (χ1) is 9.22. The molecule has 3 nitrogen and oxygen atoms in total. The molecule has 0 bridgehead atoms. The minimum atomic E-state index is -0.154. The third kappa shape index (κ3) is 2.59. The number of halogens is 1. The largest absolute Gasteiger partial charge is 0.322 e. The van der Waals surface area contributed by atoms with Crippen LogP contribution in [0.4, 0.5) is 5.69 Å². The van der Waals surface area contributed by atoms with E-state index in [4.69, 9.17) is 11.6 Å². The lowest BCUT2D eigenvalue weighted by Crippen LogP contribution is -2.11. The number of aromatic nitrogens is 1. The molecule has 0 unspecified atom stereocenters. The van der Waals surface area contributed by atoms with Gasteiger partial charge < -0.3 is 5.32 Å². The molecule has 3 aromatic rings. The monoisotopic (exact) mass is 288 g/mol. The molecule has 0 aliphatic rings. The number of nitrogens with one attached hydrogen (secondary N) is 1. The van der Waals surface area contributed by atoms with E-state index in [2.05, 4.69) is 9.69 Å². The third-order valence-electron chi connectivity index (χ3n) is 2.72. The van der Waals surface area contributed by atoms with Crippen molar-refractivity contribution < 1.29 is 4.79 Å². The number of carbonyl (C=O) groups excluding carboxylic acids is 1. The fourth-order valence-electron chi connectivity index (χ4n) is 1.75. The van der Waals surface area contributed by atoms with Crippen molar-refractivity contribution in [3.63, 3.8) is 0 Å². The first-order valence-electron chi connectivity index (χ1n) is 5.64. The molecule has 0 spiro atoms. The van der Waals surface area contributed by atoms with Crippen LogP contribution >= 0.6 is 23.1 Å². The molecule has 1 amide bonds. The van der Waals surface area contributed by atoms with Crippen LogP contribution in [0.5, 0.6) is 0 Å². The topological polar surface area (TPSA) is 42.0 Å². The Labute approximate surface area is 119 Å². The fraction of sp³-hybridized carbons (Fsp3) is 0. The van der Waals surface area contributed by atoms with E-state index in [1.165, 1.54) is 11.5 Å². The summed E-state index contributed by atoms with van der Waals surface area (Å²) in [5.74, 6) is -0.154. The van der Waals surface area contributed by atoms with Crippen LogP contribution in [0.15, 0.2) is 48.7 Å². The second-order valence-electron chi connectivity index (χ2n) is 4.04. The molecule has 0 aliphatic heterocycles. The summed E-state index contributed by atoms with van der Waals surface area (Å²) < 4.78 is 5.21. The average Bonchev–Trinajstić information content (AvgIpc) is 2.87. The molecule has 0 fully saturated rings. The average molecular weight is 289 g/mol. The van der Waals surface area contributed by atoms with Crippen LogP contribution in [0.1, 0.15) is 10.4 Å². The van der Waals surface area contributed by atoms with E-state index in [1.807, 2.05) is 18.2 Å². The van der Waals surface area contributed by atoms with Gasteiger partial charge in [-0.2, -0.15) is 4.37 Å². The zero-order valence-corrected chi connectivity index (χ0v) is 11.3. The van der Waals surface area contributed by atoms with Crippen molar-refractivity contribution >= 4 is 44.8 Å². The molecule has 1 aromatic heterocycles. The van der Waals surface area contributed by atoms with Gasteiger partial charge in [0.1, 0.15) is 0 Å². The van der Waals surface area contributed by atoms with Gasteiger partial charge in [-0.1, -0.05) is 11.6 Å². The van der Waals surface area contributed by atoms with Gasteiger partial charge in [0.2, 0.25) is 0 Å². The van der Waals surface area contributed by atoms with Crippen LogP contribution in [0, 0.1) is 0 Å². The smallest absolute Gasteiger partial charge is 0.255 e. The summed E-state index contributed by atoms with van der Waals surface area (Å²) in [6, 6.07) is 12.5. The van der Waals surface area contributed by atoms with Crippen molar-refractivity contribution in [3.05, 3.63) is 59.2 Å². The molecule has 1 heterocycles. The third-order valence-corrected chi connectivity index (χ3v) is 3.75. The van der Waals surface area contributed by atoms with Crippen LogP contribution in [0.3, 0.4) is 0 Å². The molecule has 0 saturated carbocycles. The Morgan fingerprint density at radius 1 is 1.16 bits per heavy atom. The minimum Gasteiger partial charge on any atom is -0.322 e. The zero-order chi connectivity index (χ0) is 13.2. The van der Waals surface area contributed by atoms with Crippen LogP contribution < -0.4 is 5.32 Å². The standard InChI is InChI=1S/C14H9ClN2OS/c15-11-3-1-9(2-4-11)14(18)17-12-5-6-13-10(7-12)8-16-19-13/h1-8H,(H,17,18). The lowest BCUT2D eigenvalue weighted by atomic mass is 10.2. The summed E-state index contributed by atoms with van der Waals surface area (Å²) in [6.07, 6.45) is 1.79. The molecule has 5 heteroatoms. The molecule has 0 radical (unpaired) electrons. The van der Waals surface area contributed by atoms with E-state index in [-0.39, 0.29) is 5.91 Å². The molecule has 0 saturated heterocycles. The first-order valence-corrected chi connectivity index (χ1v) is 6.79. The van der Waals surface area contributed by atoms with E-state index >= 15 is 0 Å². The quantitative estimate of drug-likeness (QED) is 0.768. The van der Waals surface area contributed by atoms with Crippen LogP contribution in [0.25, 0.3) is 10.1 Å². The number of rotatable bonds is 2. The molecule has 3 rings (SSSR count). The Hall–Kier alpha value is -1.91. The van der Waals surface area contributed by atoms with E-state index in [0.717, 1.165) is 15.8 Å². The lowest BCUT2D eigenvalue weighted by Gasteiger charge is -2.05. The van der Waals surface area contributed by atoms with Crippen LogP contribution in [-0.4, -0.2) is 10.3 Å². The molecule has 19 heavy (non-hydrogen) atoms. The van der Waals surface area contributed by atoms with E-state index in [9.17, 15) is 4.79 Å². The maximum Gasteiger partial charge on any atom is 0.255 e. The van der Waals surface area contributed by atoms with Crippen molar-refractivity contribution in [3.8, 4) is 0 Å². The van der Waals surface area contributed by atoms with Gasteiger partial charge in [0.25, 0.3) is 5.91 Å². The van der Waals surface area contributed by atoms with Crippen molar-refractivity contribution in [2.45, 2.75) is 0 Å². The highest BCUT2D eigenvalue weighted by molar-refractivity contribution is 7.13. The van der Waals surface area contributed by atoms with E-state index in [0.29, 0.717) is 10.6 Å². The highest BCUT2D eigenvalue weighted by Gasteiger charge is 2.06. The Balaban J connectivity index is 1.83. The number of fused-ring (bicyclic) bond motifs is 1. The van der Waals surface area contributed by atoms with Crippen LogP contribution in [0.2, 0.25) is 5.02 Å². The molecule has 0 aliphatic carbocycles. The van der Waals surface area contributed by atoms with Crippen molar-refractivity contribution in [2.75, 3.05) is 5.32 Å². The van der Waals surface area contributed by atoms with Gasteiger partial charge in [-0.15, -0.1) is 0 Å². The first kappa shape index (κ1) is 12.1. The molecule has 94 valence electrons. The number of benzene rings is 2. The van der Waals surface area contributed by atoms with Gasteiger partial charge >= 0.3 is 0 Å². The summed E-state index contributed by atoms with van der Waals surface area (Å²) in [4.78, 5) is 12.0. The highest BCUT2D eigenvalue weighted by Crippen LogP contribution is 2.22. The van der Waals surface area contributed by atoms with E-state index < -0.39 is 0 Å². The zero-order valence-electron chi connectivity index (χ0n) is 9.76. The summed E-state index contributed by atoms with van der Waals surface area (Å²) in [5.41, 5.74) is 1.33. The van der Waals surface area contributed by atoms with E-state index in [1.54, 1.807) is 30.5 Å².